The molecule has 0 saturated carbocycles. The molecule has 1 N–H and O–H groups in total. The van der Waals surface area contributed by atoms with Crippen LogP contribution in [0.2, 0.25) is 0 Å². The van der Waals surface area contributed by atoms with E-state index >= 15 is 0 Å². The van der Waals surface area contributed by atoms with Crippen LogP contribution in [-0.2, 0) is 10.2 Å². The molecule has 0 spiro atoms. The lowest BCUT2D eigenvalue weighted by Crippen LogP contribution is -2.46. The average Bonchev–Trinajstić information content (AvgIpc) is 2.85. The minimum Gasteiger partial charge on any atom is -0.331 e. The predicted molar refractivity (Wildman–Crippen MR) is 143 cm³/mol. The van der Waals surface area contributed by atoms with Gasteiger partial charge in [-0.3, -0.25) is 9.59 Å². The number of amides is 2. The number of hydrogen-bond acceptors (Lipinski definition) is 2. The highest BCUT2D eigenvalue weighted by molar-refractivity contribution is 5.98. The van der Waals surface area contributed by atoms with Crippen LogP contribution < -0.4 is 5.32 Å². The van der Waals surface area contributed by atoms with Gasteiger partial charge in [-0.15, -0.1) is 0 Å². The Hall–Kier alpha value is -3.40. The van der Waals surface area contributed by atoms with E-state index in [1.807, 2.05) is 79.4 Å². The second-order valence-corrected chi connectivity index (χ2v) is 10.7. The van der Waals surface area contributed by atoms with Crippen LogP contribution >= 0.6 is 0 Å². The summed E-state index contributed by atoms with van der Waals surface area (Å²) in [6.07, 6.45) is 1.53. The van der Waals surface area contributed by atoms with Gasteiger partial charge in [-0.25, -0.2) is 0 Å². The Kier molecular flexibility index (Phi) is 7.11. The van der Waals surface area contributed by atoms with Crippen LogP contribution in [0.25, 0.3) is 0 Å². The molecular weight excluding hydrogens is 432 g/mol. The Labute approximate surface area is 209 Å². The first-order valence-electron chi connectivity index (χ1n) is 12.5. The van der Waals surface area contributed by atoms with Gasteiger partial charge in [-0.1, -0.05) is 75.4 Å². The Morgan fingerprint density at radius 1 is 0.914 bits per heavy atom. The van der Waals surface area contributed by atoms with Gasteiger partial charge in [-0.2, -0.15) is 0 Å². The first-order valence-corrected chi connectivity index (χ1v) is 12.5. The van der Waals surface area contributed by atoms with Crippen molar-refractivity contribution in [2.45, 2.75) is 58.9 Å². The summed E-state index contributed by atoms with van der Waals surface area (Å²) in [6, 6.07) is 23.6. The van der Waals surface area contributed by atoms with Crippen molar-refractivity contribution in [3.05, 3.63) is 101 Å². The first-order chi connectivity index (χ1) is 16.7. The van der Waals surface area contributed by atoms with E-state index < -0.39 is 0 Å². The monoisotopic (exact) mass is 468 g/mol. The van der Waals surface area contributed by atoms with Gasteiger partial charge in [-0.05, 0) is 72.6 Å². The Morgan fingerprint density at radius 2 is 1.63 bits per heavy atom. The maximum Gasteiger partial charge on any atom is 0.254 e. The number of carbonyl (C=O) groups excluding carboxylic acids is 2. The average molecular weight is 469 g/mol. The molecule has 0 aliphatic carbocycles. The molecular formula is C31H36N2O2. The molecule has 1 saturated heterocycles. The predicted octanol–water partition coefficient (Wildman–Crippen LogP) is 6.83. The first kappa shape index (κ1) is 24.7. The largest absolute Gasteiger partial charge is 0.331 e. The van der Waals surface area contributed by atoms with Crippen LogP contribution in [0.5, 0.6) is 0 Å². The van der Waals surface area contributed by atoms with Crippen molar-refractivity contribution in [3.8, 4) is 0 Å². The molecule has 2 atom stereocenters. The molecule has 4 heteroatoms. The molecule has 0 radical (unpaired) electrons. The van der Waals surface area contributed by atoms with Crippen LogP contribution in [0, 0.1) is 19.8 Å². The minimum atomic E-state index is -0.335. The molecule has 0 bridgehead atoms. The third kappa shape index (κ3) is 5.32. The molecule has 3 aromatic carbocycles. The normalized spacial score (nSPS) is 18.3. The van der Waals surface area contributed by atoms with Crippen molar-refractivity contribution < 1.29 is 9.59 Å². The van der Waals surface area contributed by atoms with Crippen LogP contribution in [0.3, 0.4) is 0 Å². The molecule has 1 aliphatic rings. The molecule has 1 aliphatic heterocycles. The van der Waals surface area contributed by atoms with Crippen molar-refractivity contribution in [3.63, 3.8) is 0 Å². The summed E-state index contributed by atoms with van der Waals surface area (Å²) in [5.41, 5.74) is 5.76. The number of piperidine rings is 1. The van der Waals surface area contributed by atoms with Crippen molar-refractivity contribution in [1.82, 2.24) is 4.90 Å². The Morgan fingerprint density at radius 3 is 2.34 bits per heavy atom. The summed E-state index contributed by atoms with van der Waals surface area (Å²) < 4.78 is 0. The number of nitrogens with one attached hydrogen (secondary N) is 1. The van der Waals surface area contributed by atoms with E-state index in [9.17, 15) is 9.59 Å². The van der Waals surface area contributed by atoms with Gasteiger partial charge in [0.05, 0.1) is 12.0 Å². The number of carbonyl (C=O) groups is 2. The molecule has 1 heterocycles. The lowest BCUT2D eigenvalue weighted by molar-refractivity contribution is -0.123. The maximum absolute atomic E-state index is 13.8. The summed E-state index contributed by atoms with van der Waals surface area (Å²) in [5, 5.41) is 3.17. The van der Waals surface area contributed by atoms with Crippen molar-refractivity contribution in [1.29, 1.82) is 0 Å². The van der Waals surface area contributed by atoms with Gasteiger partial charge < -0.3 is 10.2 Å². The van der Waals surface area contributed by atoms with Gasteiger partial charge in [0.2, 0.25) is 5.91 Å². The molecule has 0 unspecified atom stereocenters. The van der Waals surface area contributed by atoms with E-state index in [0.717, 1.165) is 35.2 Å². The quantitative estimate of drug-likeness (QED) is 0.456. The van der Waals surface area contributed by atoms with Crippen LogP contribution in [0.4, 0.5) is 5.69 Å². The third-order valence-corrected chi connectivity index (χ3v) is 7.20. The smallest absolute Gasteiger partial charge is 0.254 e. The van der Waals surface area contributed by atoms with E-state index in [1.165, 1.54) is 5.56 Å². The number of likely N-dealkylation sites (tertiary alicyclic amines) is 1. The fourth-order valence-corrected chi connectivity index (χ4v) is 5.00. The SMILES string of the molecule is Cc1cccc(C(=O)N2CCC[C@H](C(=O)Nc3cccc(C(C)(C)C)c3)[C@@H]2c2ccccc2)c1C. The number of anilines is 1. The van der Waals surface area contributed by atoms with Gasteiger partial charge >= 0.3 is 0 Å². The molecule has 3 aromatic rings. The molecule has 182 valence electrons. The number of benzene rings is 3. The Bertz CT molecular complexity index is 1210. The van der Waals surface area contributed by atoms with Gasteiger partial charge in [0, 0.05) is 17.8 Å². The van der Waals surface area contributed by atoms with E-state index in [-0.39, 0.29) is 29.2 Å². The van der Waals surface area contributed by atoms with Gasteiger partial charge in [0.15, 0.2) is 0 Å². The van der Waals surface area contributed by atoms with E-state index in [2.05, 4.69) is 38.2 Å². The number of nitrogens with zero attached hydrogens (tertiary/aromatic N) is 1. The van der Waals surface area contributed by atoms with Crippen LogP contribution in [0.15, 0.2) is 72.8 Å². The highest BCUT2D eigenvalue weighted by Gasteiger charge is 2.40. The molecule has 4 rings (SSSR count). The number of aryl methyl sites for hydroxylation is 1. The standard InChI is InChI=1S/C31H36N2O2/c1-21-12-9-17-26(22(21)2)30(35)33-19-11-18-27(28(33)23-13-7-6-8-14-23)29(34)32-25-16-10-15-24(20-25)31(3,4)5/h6-10,12-17,20,27-28H,11,18-19H2,1-5H3,(H,32,34)/t27-,28-/m0/s1. The molecule has 2 amide bonds. The summed E-state index contributed by atoms with van der Waals surface area (Å²) in [4.78, 5) is 29.4. The van der Waals surface area contributed by atoms with E-state index in [4.69, 9.17) is 0 Å². The second kappa shape index (κ2) is 10.1. The van der Waals surface area contributed by atoms with Crippen molar-refractivity contribution >= 4 is 17.5 Å². The summed E-state index contributed by atoms with van der Waals surface area (Å²) >= 11 is 0. The van der Waals surface area contributed by atoms with Crippen LogP contribution in [-0.4, -0.2) is 23.3 Å². The zero-order chi connectivity index (χ0) is 25.2. The zero-order valence-electron chi connectivity index (χ0n) is 21.5. The second-order valence-electron chi connectivity index (χ2n) is 10.7. The Balaban J connectivity index is 1.68. The van der Waals surface area contributed by atoms with Gasteiger partial charge in [0.25, 0.3) is 5.91 Å². The van der Waals surface area contributed by atoms with Crippen molar-refractivity contribution in [2.75, 3.05) is 11.9 Å². The summed E-state index contributed by atoms with van der Waals surface area (Å²) in [5.74, 6) is -0.380. The van der Waals surface area contributed by atoms with Crippen molar-refractivity contribution in [2.24, 2.45) is 5.92 Å². The molecule has 35 heavy (non-hydrogen) atoms. The highest BCUT2D eigenvalue weighted by Crippen LogP contribution is 2.38. The third-order valence-electron chi connectivity index (χ3n) is 7.20. The van der Waals surface area contributed by atoms with E-state index in [1.54, 1.807) is 0 Å². The van der Waals surface area contributed by atoms with E-state index in [0.29, 0.717) is 12.1 Å². The maximum atomic E-state index is 13.8. The number of hydrogen-bond donors (Lipinski definition) is 1. The minimum absolute atomic E-state index is 0.00690. The van der Waals surface area contributed by atoms with Crippen LogP contribution in [0.1, 0.15) is 72.3 Å². The topological polar surface area (TPSA) is 49.4 Å². The fourth-order valence-electron chi connectivity index (χ4n) is 5.00. The summed E-state index contributed by atoms with van der Waals surface area (Å²) in [7, 11) is 0. The lowest BCUT2D eigenvalue weighted by Gasteiger charge is -2.41. The lowest BCUT2D eigenvalue weighted by atomic mass is 9.83. The fraction of sp³-hybridized carbons (Fsp3) is 0.355. The summed E-state index contributed by atoms with van der Waals surface area (Å²) in [6.45, 7) is 11.1. The number of rotatable bonds is 4. The molecule has 0 aromatic heterocycles. The molecule has 4 nitrogen and oxygen atoms in total. The highest BCUT2D eigenvalue weighted by atomic mass is 16.2. The zero-order valence-corrected chi connectivity index (χ0v) is 21.5. The van der Waals surface area contributed by atoms with Gasteiger partial charge in [0.1, 0.15) is 0 Å². The molecule has 1 fully saturated rings.